The topological polar surface area (TPSA) is 44.4 Å². The van der Waals surface area contributed by atoms with Crippen molar-refractivity contribution < 1.29 is 4.79 Å². The van der Waals surface area contributed by atoms with Gasteiger partial charge in [0.2, 0.25) is 0 Å². The maximum absolute atomic E-state index is 11.8. The second-order valence-electron chi connectivity index (χ2n) is 5.49. The highest BCUT2D eigenvalue weighted by Crippen LogP contribution is 2.35. The van der Waals surface area contributed by atoms with E-state index in [0.717, 1.165) is 12.1 Å². The van der Waals surface area contributed by atoms with Gasteiger partial charge in [-0.1, -0.05) is 30.3 Å². The molecule has 104 valence electrons. The van der Waals surface area contributed by atoms with Crippen molar-refractivity contribution in [1.29, 1.82) is 0 Å². The van der Waals surface area contributed by atoms with Crippen molar-refractivity contribution >= 4 is 6.03 Å². The van der Waals surface area contributed by atoms with Gasteiger partial charge in [-0.2, -0.15) is 0 Å². The Labute approximate surface area is 115 Å². The molecular formula is C15H23N3O. The SMILES string of the molecule is CN(C)C1(CNC(=O)NCc2ccccc2)CCC1. The second kappa shape index (κ2) is 6.06. The van der Waals surface area contributed by atoms with Gasteiger partial charge in [0.05, 0.1) is 0 Å². The number of carbonyl (C=O) groups is 1. The van der Waals surface area contributed by atoms with E-state index in [1.807, 2.05) is 30.3 Å². The molecule has 2 N–H and O–H groups in total. The highest BCUT2D eigenvalue weighted by atomic mass is 16.2. The molecule has 1 aliphatic carbocycles. The highest BCUT2D eigenvalue weighted by Gasteiger charge is 2.39. The van der Waals surface area contributed by atoms with Crippen LogP contribution < -0.4 is 10.6 Å². The molecule has 0 atom stereocenters. The fourth-order valence-electron chi connectivity index (χ4n) is 2.45. The van der Waals surface area contributed by atoms with Crippen LogP contribution in [0.25, 0.3) is 0 Å². The number of likely N-dealkylation sites (N-methyl/N-ethyl adjacent to an activating group) is 1. The fourth-order valence-corrected chi connectivity index (χ4v) is 2.45. The Morgan fingerprint density at radius 1 is 1.21 bits per heavy atom. The summed E-state index contributed by atoms with van der Waals surface area (Å²) < 4.78 is 0. The first-order valence-electron chi connectivity index (χ1n) is 6.85. The summed E-state index contributed by atoms with van der Waals surface area (Å²) in [7, 11) is 4.17. The molecule has 2 rings (SSSR count). The average Bonchev–Trinajstić information content (AvgIpc) is 2.36. The number of urea groups is 1. The van der Waals surface area contributed by atoms with E-state index < -0.39 is 0 Å². The zero-order chi connectivity index (χ0) is 13.7. The molecule has 0 bridgehead atoms. The third-order valence-electron chi connectivity index (χ3n) is 4.11. The Bertz CT molecular complexity index is 413. The molecule has 19 heavy (non-hydrogen) atoms. The van der Waals surface area contributed by atoms with Crippen molar-refractivity contribution in [2.24, 2.45) is 0 Å². The lowest BCUT2D eigenvalue weighted by molar-refractivity contribution is 0.0625. The lowest BCUT2D eigenvalue weighted by Crippen LogP contribution is -2.58. The molecule has 4 nitrogen and oxygen atoms in total. The average molecular weight is 261 g/mol. The smallest absolute Gasteiger partial charge is 0.315 e. The molecule has 1 aromatic carbocycles. The molecule has 0 unspecified atom stereocenters. The largest absolute Gasteiger partial charge is 0.336 e. The van der Waals surface area contributed by atoms with E-state index in [4.69, 9.17) is 0 Å². The first kappa shape index (κ1) is 13.9. The molecule has 1 saturated carbocycles. The molecule has 0 aromatic heterocycles. The van der Waals surface area contributed by atoms with Gasteiger partial charge in [-0.05, 0) is 38.9 Å². The number of hydrogen-bond donors (Lipinski definition) is 2. The molecule has 1 fully saturated rings. The first-order chi connectivity index (χ1) is 9.12. The summed E-state index contributed by atoms with van der Waals surface area (Å²) >= 11 is 0. The molecule has 0 radical (unpaired) electrons. The van der Waals surface area contributed by atoms with Crippen LogP contribution in [0.5, 0.6) is 0 Å². The first-order valence-corrected chi connectivity index (χ1v) is 6.85. The predicted octanol–water partition coefficient (Wildman–Crippen LogP) is 1.97. The highest BCUT2D eigenvalue weighted by molar-refractivity contribution is 5.73. The summed E-state index contributed by atoms with van der Waals surface area (Å²) in [4.78, 5) is 14.0. The number of carbonyl (C=O) groups excluding carboxylic acids is 1. The van der Waals surface area contributed by atoms with E-state index in [2.05, 4.69) is 29.6 Å². The monoisotopic (exact) mass is 261 g/mol. The zero-order valence-corrected chi connectivity index (χ0v) is 11.8. The number of benzene rings is 1. The van der Waals surface area contributed by atoms with Crippen LogP contribution in [0.3, 0.4) is 0 Å². The summed E-state index contributed by atoms with van der Waals surface area (Å²) in [6, 6.07) is 9.86. The van der Waals surface area contributed by atoms with E-state index in [1.165, 1.54) is 19.3 Å². The fraction of sp³-hybridized carbons (Fsp3) is 0.533. The third kappa shape index (κ3) is 3.47. The lowest BCUT2D eigenvalue weighted by atomic mass is 9.75. The number of nitrogens with zero attached hydrogens (tertiary/aromatic N) is 1. The van der Waals surface area contributed by atoms with E-state index >= 15 is 0 Å². The second-order valence-corrected chi connectivity index (χ2v) is 5.49. The van der Waals surface area contributed by atoms with Crippen molar-refractivity contribution in [3.8, 4) is 0 Å². The quantitative estimate of drug-likeness (QED) is 0.851. The maximum atomic E-state index is 11.8. The van der Waals surface area contributed by atoms with Gasteiger partial charge in [-0.3, -0.25) is 0 Å². The van der Waals surface area contributed by atoms with Crippen LogP contribution >= 0.6 is 0 Å². The van der Waals surface area contributed by atoms with Crippen molar-refractivity contribution in [2.75, 3.05) is 20.6 Å². The van der Waals surface area contributed by atoms with Crippen LogP contribution in [0.4, 0.5) is 4.79 Å². The van der Waals surface area contributed by atoms with Crippen molar-refractivity contribution in [3.05, 3.63) is 35.9 Å². The summed E-state index contributed by atoms with van der Waals surface area (Å²) in [6.45, 7) is 1.29. The molecule has 0 spiro atoms. The molecule has 4 heteroatoms. The number of rotatable bonds is 5. The molecule has 0 saturated heterocycles. The molecule has 1 aliphatic rings. The summed E-state index contributed by atoms with van der Waals surface area (Å²) in [5, 5.41) is 5.88. The number of amides is 2. The Morgan fingerprint density at radius 3 is 2.42 bits per heavy atom. The molecule has 0 heterocycles. The van der Waals surface area contributed by atoms with Gasteiger partial charge in [0.1, 0.15) is 0 Å². The van der Waals surface area contributed by atoms with E-state index in [1.54, 1.807) is 0 Å². The van der Waals surface area contributed by atoms with E-state index in [-0.39, 0.29) is 11.6 Å². The summed E-state index contributed by atoms with van der Waals surface area (Å²) in [6.07, 6.45) is 3.59. The zero-order valence-electron chi connectivity index (χ0n) is 11.8. The van der Waals surface area contributed by atoms with Crippen LogP contribution in [0.15, 0.2) is 30.3 Å². The molecular weight excluding hydrogens is 238 g/mol. The minimum Gasteiger partial charge on any atom is -0.336 e. The van der Waals surface area contributed by atoms with Gasteiger partial charge in [0.15, 0.2) is 0 Å². The van der Waals surface area contributed by atoms with E-state index in [0.29, 0.717) is 6.54 Å². The lowest BCUT2D eigenvalue weighted by Gasteiger charge is -2.47. The molecule has 1 aromatic rings. The predicted molar refractivity (Wildman–Crippen MR) is 76.9 cm³/mol. The van der Waals surface area contributed by atoms with Crippen LogP contribution in [0.2, 0.25) is 0 Å². The standard InChI is InChI=1S/C15H23N3O/c1-18(2)15(9-6-10-15)12-17-14(19)16-11-13-7-4-3-5-8-13/h3-5,7-8H,6,9-12H2,1-2H3,(H2,16,17,19). The van der Waals surface area contributed by atoms with Crippen molar-refractivity contribution in [1.82, 2.24) is 15.5 Å². The van der Waals surface area contributed by atoms with Crippen LogP contribution in [0, 0.1) is 0 Å². The van der Waals surface area contributed by atoms with Crippen molar-refractivity contribution in [2.45, 2.75) is 31.3 Å². The van der Waals surface area contributed by atoms with Gasteiger partial charge in [-0.25, -0.2) is 4.79 Å². The molecule has 2 amide bonds. The molecule has 0 aliphatic heterocycles. The number of nitrogens with one attached hydrogen (secondary N) is 2. The van der Waals surface area contributed by atoms with Crippen molar-refractivity contribution in [3.63, 3.8) is 0 Å². The number of hydrogen-bond acceptors (Lipinski definition) is 2. The van der Waals surface area contributed by atoms with Gasteiger partial charge < -0.3 is 15.5 Å². The Kier molecular flexibility index (Phi) is 4.43. The van der Waals surface area contributed by atoms with Crippen LogP contribution in [-0.2, 0) is 6.54 Å². The normalized spacial score (nSPS) is 16.8. The van der Waals surface area contributed by atoms with Crippen LogP contribution in [-0.4, -0.2) is 37.1 Å². The Morgan fingerprint density at radius 2 is 1.89 bits per heavy atom. The maximum Gasteiger partial charge on any atom is 0.315 e. The van der Waals surface area contributed by atoms with Gasteiger partial charge in [0, 0.05) is 18.6 Å². The summed E-state index contributed by atoms with van der Waals surface area (Å²) in [5.74, 6) is 0. The van der Waals surface area contributed by atoms with Gasteiger partial charge in [-0.15, -0.1) is 0 Å². The summed E-state index contributed by atoms with van der Waals surface area (Å²) in [5.41, 5.74) is 1.29. The van der Waals surface area contributed by atoms with Gasteiger partial charge >= 0.3 is 6.03 Å². The Balaban J connectivity index is 1.73. The Hall–Kier alpha value is -1.55. The van der Waals surface area contributed by atoms with Gasteiger partial charge in [0.25, 0.3) is 0 Å². The van der Waals surface area contributed by atoms with Crippen LogP contribution in [0.1, 0.15) is 24.8 Å². The van der Waals surface area contributed by atoms with E-state index in [9.17, 15) is 4.79 Å². The minimum atomic E-state index is -0.0861. The minimum absolute atomic E-state index is 0.0861. The third-order valence-corrected chi connectivity index (χ3v) is 4.11.